The van der Waals surface area contributed by atoms with Crippen molar-refractivity contribution in [2.24, 2.45) is 0 Å². The number of hydrogen-bond acceptors (Lipinski definition) is 4. The van der Waals surface area contributed by atoms with Crippen LogP contribution in [0, 0.1) is 0 Å². The number of likely N-dealkylation sites (tertiary alicyclic amines) is 1. The fourth-order valence-corrected chi connectivity index (χ4v) is 4.74. The van der Waals surface area contributed by atoms with Gasteiger partial charge in [-0.25, -0.2) is 13.1 Å². The van der Waals surface area contributed by atoms with E-state index in [1.807, 2.05) is 44.4 Å². The molecule has 0 bridgehead atoms. The second-order valence-corrected chi connectivity index (χ2v) is 9.57. The summed E-state index contributed by atoms with van der Waals surface area (Å²) in [7, 11) is 0.724. The van der Waals surface area contributed by atoms with E-state index in [9.17, 15) is 8.42 Å². The van der Waals surface area contributed by atoms with Crippen molar-refractivity contribution in [2.45, 2.75) is 25.3 Å². The first kappa shape index (κ1) is 20.8. The SMILES string of the molecule is CN(C)c1ccc(C(CNS(=O)(=O)CCc2ccccc2)N2CCCC2)cc1. The molecule has 1 fully saturated rings. The Bertz CT molecular complexity index is 830. The Hall–Kier alpha value is -1.89. The Morgan fingerprint density at radius 2 is 1.64 bits per heavy atom. The Balaban J connectivity index is 1.65. The van der Waals surface area contributed by atoms with E-state index < -0.39 is 10.0 Å². The fraction of sp³-hybridized carbons (Fsp3) is 0.455. The molecule has 5 nitrogen and oxygen atoms in total. The highest BCUT2D eigenvalue weighted by Gasteiger charge is 2.25. The van der Waals surface area contributed by atoms with Crippen LogP contribution in [0.5, 0.6) is 0 Å². The van der Waals surface area contributed by atoms with Crippen molar-refractivity contribution in [3.05, 3.63) is 65.7 Å². The minimum Gasteiger partial charge on any atom is -0.378 e. The quantitative estimate of drug-likeness (QED) is 0.702. The number of aryl methyl sites for hydroxylation is 1. The predicted octanol–water partition coefficient (Wildman–Crippen LogP) is 3.05. The zero-order valence-corrected chi connectivity index (χ0v) is 17.7. The topological polar surface area (TPSA) is 52.7 Å². The van der Waals surface area contributed by atoms with Gasteiger partial charge in [-0.1, -0.05) is 42.5 Å². The summed E-state index contributed by atoms with van der Waals surface area (Å²) in [6, 6.07) is 18.3. The Morgan fingerprint density at radius 1 is 1.00 bits per heavy atom. The number of sulfonamides is 1. The van der Waals surface area contributed by atoms with Crippen molar-refractivity contribution < 1.29 is 8.42 Å². The minimum absolute atomic E-state index is 0.0743. The largest absolute Gasteiger partial charge is 0.378 e. The second-order valence-electron chi connectivity index (χ2n) is 7.65. The summed E-state index contributed by atoms with van der Waals surface area (Å²) in [5, 5.41) is 0. The van der Waals surface area contributed by atoms with Crippen molar-refractivity contribution >= 4 is 15.7 Å². The summed E-state index contributed by atoms with van der Waals surface area (Å²) in [4.78, 5) is 4.46. The van der Waals surface area contributed by atoms with Gasteiger partial charge in [-0.2, -0.15) is 0 Å². The molecule has 2 aromatic carbocycles. The molecule has 0 radical (unpaired) electrons. The van der Waals surface area contributed by atoms with E-state index in [0.717, 1.165) is 24.3 Å². The number of nitrogens with zero attached hydrogens (tertiary/aromatic N) is 2. The van der Waals surface area contributed by atoms with E-state index in [0.29, 0.717) is 13.0 Å². The summed E-state index contributed by atoms with van der Waals surface area (Å²) in [6.45, 7) is 2.45. The second kappa shape index (κ2) is 9.54. The smallest absolute Gasteiger partial charge is 0.211 e. The van der Waals surface area contributed by atoms with Gasteiger partial charge in [-0.15, -0.1) is 0 Å². The summed E-state index contributed by atoms with van der Waals surface area (Å²) >= 11 is 0. The van der Waals surface area contributed by atoms with Gasteiger partial charge in [0.1, 0.15) is 0 Å². The molecule has 2 aromatic rings. The Morgan fingerprint density at radius 3 is 2.25 bits per heavy atom. The van der Waals surface area contributed by atoms with Crippen LogP contribution in [0.15, 0.2) is 54.6 Å². The van der Waals surface area contributed by atoms with Gasteiger partial charge < -0.3 is 4.90 Å². The third-order valence-corrected chi connectivity index (χ3v) is 6.72. The monoisotopic (exact) mass is 401 g/mol. The van der Waals surface area contributed by atoms with Gasteiger partial charge in [0.25, 0.3) is 0 Å². The highest BCUT2D eigenvalue weighted by Crippen LogP contribution is 2.26. The number of benzene rings is 2. The lowest BCUT2D eigenvalue weighted by atomic mass is 10.1. The van der Waals surface area contributed by atoms with E-state index in [2.05, 4.69) is 38.8 Å². The summed E-state index contributed by atoms with van der Waals surface area (Å²) in [6.07, 6.45) is 2.88. The van der Waals surface area contributed by atoms with Crippen molar-refractivity contribution in [1.82, 2.24) is 9.62 Å². The number of anilines is 1. The number of hydrogen-bond donors (Lipinski definition) is 1. The fourth-order valence-electron chi connectivity index (χ4n) is 3.68. The van der Waals surface area contributed by atoms with Gasteiger partial charge in [0.15, 0.2) is 0 Å². The lowest BCUT2D eigenvalue weighted by Crippen LogP contribution is -2.38. The molecular weight excluding hydrogens is 370 g/mol. The first-order valence-corrected chi connectivity index (χ1v) is 11.6. The van der Waals surface area contributed by atoms with Gasteiger partial charge in [0.05, 0.1) is 5.75 Å². The molecule has 1 heterocycles. The third-order valence-electron chi connectivity index (χ3n) is 5.37. The van der Waals surface area contributed by atoms with Crippen LogP contribution in [-0.4, -0.2) is 52.8 Å². The van der Waals surface area contributed by atoms with E-state index in [-0.39, 0.29) is 11.8 Å². The molecular formula is C22H31N3O2S. The highest BCUT2D eigenvalue weighted by atomic mass is 32.2. The maximum absolute atomic E-state index is 12.6. The van der Waals surface area contributed by atoms with Crippen LogP contribution < -0.4 is 9.62 Å². The van der Waals surface area contributed by atoms with Crippen LogP contribution in [0.25, 0.3) is 0 Å². The van der Waals surface area contributed by atoms with Crippen LogP contribution in [0.2, 0.25) is 0 Å². The maximum atomic E-state index is 12.6. The predicted molar refractivity (Wildman–Crippen MR) is 116 cm³/mol. The molecule has 1 N–H and O–H groups in total. The molecule has 0 amide bonds. The van der Waals surface area contributed by atoms with Crippen LogP contribution >= 0.6 is 0 Å². The molecule has 1 saturated heterocycles. The molecule has 1 aliphatic heterocycles. The van der Waals surface area contributed by atoms with E-state index in [1.165, 1.54) is 18.4 Å². The van der Waals surface area contributed by atoms with Crippen molar-refractivity contribution in [3.63, 3.8) is 0 Å². The van der Waals surface area contributed by atoms with Crippen LogP contribution in [0.4, 0.5) is 5.69 Å². The Labute approximate surface area is 169 Å². The molecule has 1 unspecified atom stereocenters. The zero-order valence-electron chi connectivity index (χ0n) is 16.8. The molecule has 28 heavy (non-hydrogen) atoms. The normalized spacial score (nSPS) is 16.2. The first-order valence-electron chi connectivity index (χ1n) is 9.97. The van der Waals surface area contributed by atoms with E-state index in [4.69, 9.17) is 0 Å². The van der Waals surface area contributed by atoms with Crippen LogP contribution in [-0.2, 0) is 16.4 Å². The molecule has 152 valence electrons. The average Bonchev–Trinajstić information content (AvgIpc) is 3.22. The molecule has 3 rings (SSSR count). The molecule has 0 aliphatic carbocycles. The molecule has 0 saturated carbocycles. The van der Waals surface area contributed by atoms with Crippen LogP contribution in [0.3, 0.4) is 0 Å². The third kappa shape index (κ3) is 5.80. The number of rotatable bonds is 9. The van der Waals surface area contributed by atoms with E-state index >= 15 is 0 Å². The standard InChI is InChI=1S/C22H31N3O2S/c1-24(2)21-12-10-20(11-13-21)22(25-15-6-7-16-25)18-23-28(26,27)17-14-19-8-4-3-5-9-19/h3-5,8-13,22-23H,6-7,14-18H2,1-2H3. The van der Waals surface area contributed by atoms with Gasteiger partial charge in [-0.05, 0) is 55.6 Å². The highest BCUT2D eigenvalue weighted by molar-refractivity contribution is 7.89. The van der Waals surface area contributed by atoms with Crippen LogP contribution in [0.1, 0.15) is 30.0 Å². The maximum Gasteiger partial charge on any atom is 0.211 e. The lowest BCUT2D eigenvalue weighted by Gasteiger charge is -2.28. The summed E-state index contributed by atoms with van der Waals surface area (Å²) in [5.41, 5.74) is 3.36. The molecule has 6 heteroatoms. The Kier molecular flexibility index (Phi) is 7.10. The summed E-state index contributed by atoms with van der Waals surface area (Å²) in [5.74, 6) is 0.114. The average molecular weight is 402 g/mol. The van der Waals surface area contributed by atoms with E-state index in [1.54, 1.807) is 0 Å². The van der Waals surface area contributed by atoms with Crippen molar-refractivity contribution in [3.8, 4) is 0 Å². The molecule has 0 aromatic heterocycles. The number of nitrogens with one attached hydrogen (secondary N) is 1. The van der Waals surface area contributed by atoms with Gasteiger partial charge in [0.2, 0.25) is 10.0 Å². The van der Waals surface area contributed by atoms with Crippen molar-refractivity contribution in [1.29, 1.82) is 0 Å². The molecule has 1 atom stereocenters. The zero-order chi connectivity index (χ0) is 20.0. The molecule has 1 aliphatic rings. The van der Waals surface area contributed by atoms with Gasteiger partial charge in [0, 0.05) is 32.4 Å². The minimum atomic E-state index is -3.32. The van der Waals surface area contributed by atoms with Crippen molar-refractivity contribution in [2.75, 3.05) is 44.4 Å². The molecule has 0 spiro atoms. The van der Waals surface area contributed by atoms with Gasteiger partial charge in [-0.3, -0.25) is 4.90 Å². The lowest BCUT2D eigenvalue weighted by molar-refractivity contribution is 0.246. The van der Waals surface area contributed by atoms with Gasteiger partial charge >= 0.3 is 0 Å². The summed E-state index contributed by atoms with van der Waals surface area (Å²) < 4.78 is 28.0. The first-order chi connectivity index (χ1) is 13.4.